The van der Waals surface area contributed by atoms with Crippen molar-refractivity contribution in [3.05, 3.63) is 68.7 Å². The number of benzene rings is 1. The van der Waals surface area contributed by atoms with E-state index < -0.39 is 0 Å². The van der Waals surface area contributed by atoms with Crippen molar-refractivity contribution >= 4 is 11.6 Å². The molecule has 1 aromatic heterocycles. The number of nitro groups is 1. The molecule has 2 aromatic rings. The number of nitrogens with zero attached hydrogens (tertiary/aromatic N) is 3. The van der Waals surface area contributed by atoms with Gasteiger partial charge in [0.1, 0.15) is 11.4 Å². The van der Waals surface area contributed by atoms with E-state index >= 15 is 0 Å². The third-order valence-corrected chi connectivity index (χ3v) is 8.01. The van der Waals surface area contributed by atoms with Gasteiger partial charge in [-0.3, -0.25) is 14.9 Å². The predicted octanol–water partition coefficient (Wildman–Crippen LogP) is 6.02. The van der Waals surface area contributed by atoms with Gasteiger partial charge in [-0.2, -0.15) is 5.10 Å². The molecule has 3 unspecified atom stereocenters. The van der Waals surface area contributed by atoms with Crippen molar-refractivity contribution in [2.24, 2.45) is 11.8 Å². The molecule has 38 heavy (non-hydrogen) atoms. The Kier molecular flexibility index (Phi) is 6.90. The number of ether oxygens (including phenoxy) is 2. The van der Waals surface area contributed by atoms with Gasteiger partial charge >= 0.3 is 0 Å². The van der Waals surface area contributed by atoms with E-state index in [1.807, 2.05) is 56.6 Å². The van der Waals surface area contributed by atoms with E-state index in [2.05, 4.69) is 10.4 Å². The first-order valence-electron chi connectivity index (χ1n) is 13.4. The first-order valence-corrected chi connectivity index (χ1v) is 13.4. The first kappa shape index (κ1) is 26.2. The number of amides is 1. The van der Waals surface area contributed by atoms with Gasteiger partial charge in [0.15, 0.2) is 6.23 Å². The van der Waals surface area contributed by atoms with Gasteiger partial charge in [-0.05, 0) is 83.1 Å². The van der Waals surface area contributed by atoms with Gasteiger partial charge in [0.2, 0.25) is 5.91 Å². The Morgan fingerprint density at radius 3 is 2.71 bits per heavy atom. The molecule has 0 bridgehead atoms. The molecule has 1 aliphatic carbocycles. The maximum Gasteiger partial charge on any atom is 0.253 e. The number of allylic oxidation sites excluding steroid dienone is 4. The molecule has 2 saturated heterocycles. The summed E-state index contributed by atoms with van der Waals surface area (Å²) in [6, 6.07) is 7.83. The molecule has 202 valence electrons. The lowest BCUT2D eigenvalue weighted by Gasteiger charge is -2.28. The van der Waals surface area contributed by atoms with Crippen LogP contribution in [0.4, 0.5) is 5.69 Å². The second-order valence-electron chi connectivity index (χ2n) is 11.3. The van der Waals surface area contributed by atoms with Gasteiger partial charge < -0.3 is 14.8 Å². The smallest absolute Gasteiger partial charge is 0.253 e. The van der Waals surface area contributed by atoms with Crippen LogP contribution in [0.2, 0.25) is 0 Å². The molecule has 3 atom stereocenters. The number of carbonyl (C=O) groups is 1. The van der Waals surface area contributed by atoms with Crippen LogP contribution in [0.1, 0.15) is 72.1 Å². The van der Waals surface area contributed by atoms with Crippen molar-refractivity contribution in [1.29, 1.82) is 0 Å². The molecular formula is C29H36N4O5. The van der Waals surface area contributed by atoms with Crippen molar-refractivity contribution in [3.63, 3.8) is 0 Å². The highest BCUT2D eigenvalue weighted by molar-refractivity contribution is 5.93. The minimum Gasteiger partial charge on any atom is -0.492 e. The number of fused-ring (bicyclic) bond motifs is 1. The molecule has 9 nitrogen and oxygen atoms in total. The second kappa shape index (κ2) is 10.0. The quantitative estimate of drug-likeness (QED) is 0.369. The number of aromatic nitrogens is 2. The van der Waals surface area contributed by atoms with Crippen LogP contribution in [-0.2, 0) is 20.7 Å². The van der Waals surface area contributed by atoms with Gasteiger partial charge in [-0.25, -0.2) is 4.68 Å². The van der Waals surface area contributed by atoms with E-state index in [0.717, 1.165) is 47.4 Å². The van der Waals surface area contributed by atoms with E-state index in [4.69, 9.17) is 9.47 Å². The third kappa shape index (κ3) is 4.87. The van der Waals surface area contributed by atoms with Crippen molar-refractivity contribution in [2.75, 3.05) is 11.9 Å². The molecule has 2 fully saturated rings. The molecule has 0 radical (unpaired) electrons. The summed E-state index contributed by atoms with van der Waals surface area (Å²) in [5, 5.41) is 19.8. The van der Waals surface area contributed by atoms with Crippen LogP contribution in [-0.4, -0.2) is 32.8 Å². The third-order valence-electron chi connectivity index (χ3n) is 8.01. The van der Waals surface area contributed by atoms with Gasteiger partial charge in [0.05, 0.1) is 22.2 Å². The summed E-state index contributed by atoms with van der Waals surface area (Å²) in [7, 11) is 0. The summed E-state index contributed by atoms with van der Waals surface area (Å²) in [4.78, 5) is 24.2. The van der Waals surface area contributed by atoms with Crippen molar-refractivity contribution in [2.45, 2.75) is 78.6 Å². The molecule has 2 aliphatic heterocycles. The Labute approximate surface area is 223 Å². The monoisotopic (exact) mass is 520 g/mol. The highest BCUT2D eigenvalue weighted by atomic mass is 16.6. The molecule has 1 N–H and O–H groups in total. The minimum atomic E-state index is -0.378. The summed E-state index contributed by atoms with van der Waals surface area (Å²) < 4.78 is 14.1. The number of nitrogens with one attached hydrogen (secondary N) is 1. The Bertz CT molecular complexity index is 1330. The highest BCUT2D eigenvalue weighted by Gasteiger charge is 2.49. The Hall–Kier alpha value is -3.46. The largest absolute Gasteiger partial charge is 0.492 e. The highest BCUT2D eigenvalue weighted by Crippen LogP contribution is 2.51. The van der Waals surface area contributed by atoms with E-state index in [1.165, 1.54) is 6.92 Å². The molecule has 3 aliphatic rings. The van der Waals surface area contributed by atoms with Gasteiger partial charge in [-0.1, -0.05) is 12.1 Å². The van der Waals surface area contributed by atoms with Crippen LogP contribution < -0.4 is 5.32 Å². The summed E-state index contributed by atoms with van der Waals surface area (Å²) in [5.41, 5.74) is 4.70. The fourth-order valence-corrected chi connectivity index (χ4v) is 6.24. The zero-order valence-electron chi connectivity index (χ0n) is 22.7. The van der Waals surface area contributed by atoms with E-state index in [0.29, 0.717) is 30.7 Å². The molecule has 9 heteroatoms. The van der Waals surface area contributed by atoms with Crippen molar-refractivity contribution < 1.29 is 19.2 Å². The number of hydrogen-bond donors (Lipinski definition) is 1. The maximum atomic E-state index is 12.3. The van der Waals surface area contributed by atoms with Crippen LogP contribution in [0.25, 0.3) is 11.3 Å². The van der Waals surface area contributed by atoms with Crippen LogP contribution in [0.3, 0.4) is 0 Å². The van der Waals surface area contributed by atoms with E-state index in [-0.39, 0.29) is 40.2 Å². The minimum absolute atomic E-state index is 0.0668. The first-order chi connectivity index (χ1) is 18.1. The fourth-order valence-electron chi connectivity index (χ4n) is 6.24. The molecule has 1 amide bonds. The molecule has 0 saturated carbocycles. The molecule has 1 aromatic carbocycles. The lowest BCUT2D eigenvalue weighted by Crippen LogP contribution is -2.29. The molecule has 3 heterocycles. The average molecular weight is 521 g/mol. The van der Waals surface area contributed by atoms with Crippen molar-refractivity contribution in [1.82, 2.24) is 9.78 Å². The van der Waals surface area contributed by atoms with Crippen molar-refractivity contribution in [3.8, 4) is 11.3 Å². The van der Waals surface area contributed by atoms with Crippen LogP contribution >= 0.6 is 0 Å². The number of anilines is 1. The predicted molar refractivity (Wildman–Crippen MR) is 144 cm³/mol. The van der Waals surface area contributed by atoms with Crippen LogP contribution in [0.5, 0.6) is 0 Å². The maximum absolute atomic E-state index is 12.3. The van der Waals surface area contributed by atoms with Gasteiger partial charge in [-0.15, -0.1) is 0 Å². The normalized spacial score (nSPS) is 24.7. The lowest BCUT2D eigenvalue weighted by molar-refractivity contribution is -0.436. The van der Waals surface area contributed by atoms with E-state index in [1.54, 1.807) is 6.20 Å². The van der Waals surface area contributed by atoms with Gasteiger partial charge in [0.25, 0.3) is 5.70 Å². The summed E-state index contributed by atoms with van der Waals surface area (Å²) >= 11 is 0. The molecular weight excluding hydrogens is 484 g/mol. The SMILES string of the molecule is CC(=O)Nc1cc(CC2C([N+](=O)[O-])=C(C)C(C)=C3OC(C)(C)CC32)ccc1-c1ccnn1C1CCCCO1. The van der Waals surface area contributed by atoms with Gasteiger partial charge in [0, 0.05) is 36.8 Å². The lowest BCUT2D eigenvalue weighted by atomic mass is 9.74. The molecule has 0 spiro atoms. The average Bonchev–Trinajstić information content (AvgIpc) is 3.47. The van der Waals surface area contributed by atoms with Crippen LogP contribution in [0.15, 0.2) is 53.1 Å². The number of carbonyl (C=O) groups excluding carboxylic acids is 1. The fraction of sp³-hybridized carbons (Fsp3) is 0.517. The topological polar surface area (TPSA) is 109 Å². The zero-order chi connectivity index (χ0) is 27.2. The second-order valence-corrected chi connectivity index (χ2v) is 11.3. The summed E-state index contributed by atoms with van der Waals surface area (Å²) in [5.74, 6) is 0.290. The number of hydrogen-bond acceptors (Lipinski definition) is 6. The standard InChI is InChI=1S/C29H36N4O5/c1-17-18(2)28-23(16-29(4,5)38-28)22(27(17)33(35)36)14-20-9-10-21(24(15-20)31-19(3)34)25-11-12-30-32(25)26-8-6-7-13-37-26/h9-12,15,22-23,26H,6-8,13-14,16H2,1-5H3,(H,31,34). The summed E-state index contributed by atoms with van der Waals surface area (Å²) in [6.07, 6.45) is 5.78. The Balaban J connectivity index is 1.52. The Morgan fingerprint density at radius 1 is 1.24 bits per heavy atom. The summed E-state index contributed by atoms with van der Waals surface area (Å²) in [6.45, 7) is 9.99. The Morgan fingerprint density at radius 2 is 2.03 bits per heavy atom. The van der Waals surface area contributed by atoms with Crippen LogP contribution in [0, 0.1) is 22.0 Å². The molecule has 5 rings (SSSR count). The van der Waals surface area contributed by atoms with E-state index in [9.17, 15) is 14.9 Å². The number of rotatable bonds is 6. The zero-order valence-corrected chi connectivity index (χ0v) is 22.7.